The fourth-order valence-corrected chi connectivity index (χ4v) is 2.00. The zero-order valence-corrected chi connectivity index (χ0v) is 13.2. The van der Waals surface area contributed by atoms with Crippen LogP contribution in [0.4, 0.5) is 11.4 Å². The SMILES string of the molecule is Cl.Nc1ccc(C(=O)Nc2cnn(CC(=O)NC3CC3)c2)cc1. The van der Waals surface area contributed by atoms with Gasteiger partial charge in [0.2, 0.25) is 5.91 Å². The summed E-state index contributed by atoms with van der Waals surface area (Å²) >= 11 is 0. The van der Waals surface area contributed by atoms with Crippen LogP contribution in [0.3, 0.4) is 0 Å². The number of halogens is 1. The molecule has 3 rings (SSSR count). The van der Waals surface area contributed by atoms with Crippen molar-refractivity contribution in [2.24, 2.45) is 0 Å². The Morgan fingerprint density at radius 3 is 2.61 bits per heavy atom. The van der Waals surface area contributed by atoms with E-state index in [9.17, 15) is 9.59 Å². The van der Waals surface area contributed by atoms with Gasteiger partial charge in [0.25, 0.3) is 5.91 Å². The maximum atomic E-state index is 12.0. The van der Waals surface area contributed by atoms with Crippen LogP contribution in [0.15, 0.2) is 36.7 Å². The van der Waals surface area contributed by atoms with Gasteiger partial charge >= 0.3 is 0 Å². The molecule has 7 nitrogen and oxygen atoms in total. The standard InChI is InChI=1S/C15H17N5O2.ClH/c16-11-3-1-10(2-4-11)15(22)19-13-7-17-20(8-13)9-14(21)18-12-5-6-12;/h1-4,7-8,12H,5-6,9,16H2,(H,18,21)(H,19,22);1H. The highest BCUT2D eigenvalue weighted by atomic mass is 35.5. The molecule has 4 N–H and O–H groups in total. The smallest absolute Gasteiger partial charge is 0.255 e. The number of nitrogens with zero attached hydrogens (tertiary/aromatic N) is 2. The Hall–Kier alpha value is -2.54. The van der Waals surface area contributed by atoms with Gasteiger partial charge in [-0.3, -0.25) is 14.3 Å². The summed E-state index contributed by atoms with van der Waals surface area (Å²) in [4.78, 5) is 23.7. The molecule has 1 saturated carbocycles. The summed E-state index contributed by atoms with van der Waals surface area (Å²) in [6, 6.07) is 6.96. The number of hydrogen-bond donors (Lipinski definition) is 3. The number of nitrogens with one attached hydrogen (secondary N) is 2. The molecule has 8 heteroatoms. The van der Waals surface area contributed by atoms with Crippen LogP contribution in [0.1, 0.15) is 23.2 Å². The number of nitrogen functional groups attached to an aromatic ring is 1. The minimum absolute atomic E-state index is 0. The average Bonchev–Trinajstić information content (AvgIpc) is 3.18. The van der Waals surface area contributed by atoms with E-state index in [-0.39, 0.29) is 30.8 Å². The van der Waals surface area contributed by atoms with Gasteiger partial charge in [-0.1, -0.05) is 0 Å². The Kier molecular flexibility index (Phi) is 5.23. The molecule has 122 valence electrons. The molecule has 0 radical (unpaired) electrons. The van der Waals surface area contributed by atoms with Gasteiger partial charge in [-0.25, -0.2) is 0 Å². The lowest BCUT2D eigenvalue weighted by molar-refractivity contribution is -0.122. The van der Waals surface area contributed by atoms with Crippen molar-refractivity contribution in [3.8, 4) is 0 Å². The molecule has 0 aliphatic heterocycles. The van der Waals surface area contributed by atoms with Crippen LogP contribution < -0.4 is 16.4 Å². The maximum Gasteiger partial charge on any atom is 0.255 e. The van der Waals surface area contributed by atoms with Gasteiger partial charge in [-0.2, -0.15) is 5.10 Å². The van der Waals surface area contributed by atoms with Crippen LogP contribution in [0, 0.1) is 0 Å². The number of hydrogen-bond acceptors (Lipinski definition) is 4. The average molecular weight is 336 g/mol. The van der Waals surface area contributed by atoms with Crippen LogP contribution in [0.5, 0.6) is 0 Å². The van der Waals surface area contributed by atoms with Crippen LogP contribution in [-0.4, -0.2) is 27.6 Å². The van der Waals surface area contributed by atoms with Gasteiger partial charge in [0.1, 0.15) is 6.54 Å². The van der Waals surface area contributed by atoms with E-state index in [1.54, 1.807) is 30.5 Å². The van der Waals surface area contributed by atoms with E-state index >= 15 is 0 Å². The molecule has 0 unspecified atom stereocenters. The Balaban J connectivity index is 0.00000192. The number of carbonyl (C=O) groups is 2. The first-order chi connectivity index (χ1) is 10.6. The molecule has 1 fully saturated rings. The van der Waals surface area contributed by atoms with E-state index in [4.69, 9.17) is 5.73 Å². The Labute approximate surface area is 139 Å². The largest absolute Gasteiger partial charge is 0.399 e. The van der Waals surface area contributed by atoms with Crippen molar-refractivity contribution in [1.29, 1.82) is 0 Å². The summed E-state index contributed by atoms with van der Waals surface area (Å²) in [7, 11) is 0. The van der Waals surface area contributed by atoms with Crippen LogP contribution in [0.25, 0.3) is 0 Å². The topological polar surface area (TPSA) is 102 Å². The Morgan fingerprint density at radius 2 is 1.96 bits per heavy atom. The fraction of sp³-hybridized carbons (Fsp3) is 0.267. The second-order valence-corrected chi connectivity index (χ2v) is 5.34. The number of benzene rings is 1. The quantitative estimate of drug-likeness (QED) is 0.719. The normalized spacial score (nSPS) is 13.0. The molecule has 1 aromatic heterocycles. The lowest BCUT2D eigenvalue weighted by Gasteiger charge is -2.03. The third-order valence-corrected chi connectivity index (χ3v) is 3.31. The summed E-state index contributed by atoms with van der Waals surface area (Å²) in [5, 5.41) is 9.68. The van der Waals surface area contributed by atoms with Crippen molar-refractivity contribution < 1.29 is 9.59 Å². The molecule has 1 aliphatic carbocycles. The zero-order chi connectivity index (χ0) is 15.5. The lowest BCUT2D eigenvalue weighted by atomic mass is 10.2. The summed E-state index contributed by atoms with van der Waals surface area (Å²) in [6.45, 7) is 0.147. The molecule has 0 bridgehead atoms. The maximum absolute atomic E-state index is 12.0. The van der Waals surface area contributed by atoms with Crippen LogP contribution in [0.2, 0.25) is 0 Å². The summed E-state index contributed by atoms with van der Waals surface area (Å²) < 4.78 is 1.50. The third-order valence-electron chi connectivity index (χ3n) is 3.31. The first-order valence-electron chi connectivity index (χ1n) is 7.09. The van der Waals surface area contributed by atoms with Gasteiger partial charge in [-0.05, 0) is 37.1 Å². The molecule has 1 aromatic carbocycles. The van der Waals surface area contributed by atoms with E-state index in [1.807, 2.05) is 0 Å². The number of anilines is 2. The molecular weight excluding hydrogens is 318 g/mol. The molecule has 0 spiro atoms. The molecule has 0 saturated heterocycles. The van der Waals surface area contributed by atoms with Crippen molar-refractivity contribution in [1.82, 2.24) is 15.1 Å². The molecular formula is C15H18ClN5O2. The van der Waals surface area contributed by atoms with E-state index in [2.05, 4.69) is 15.7 Å². The summed E-state index contributed by atoms with van der Waals surface area (Å²) in [5.41, 5.74) is 7.24. The van der Waals surface area contributed by atoms with E-state index < -0.39 is 0 Å². The minimum atomic E-state index is -0.248. The predicted molar refractivity (Wildman–Crippen MR) is 89.4 cm³/mol. The molecule has 1 aliphatic rings. The number of nitrogens with two attached hydrogens (primary N) is 1. The molecule has 2 aromatic rings. The number of rotatable bonds is 5. The highest BCUT2D eigenvalue weighted by molar-refractivity contribution is 6.04. The summed E-state index contributed by atoms with van der Waals surface area (Å²) in [6.07, 6.45) is 5.24. The molecule has 0 atom stereocenters. The Morgan fingerprint density at radius 1 is 1.26 bits per heavy atom. The molecule has 23 heavy (non-hydrogen) atoms. The van der Waals surface area contributed by atoms with Crippen molar-refractivity contribution >= 4 is 35.6 Å². The second-order valence-electron chi connectivity index (χ2n) is 5.34. The van der Waals surface area contributed by atoms with E-state index in [0.717, 1.165) is 12.8 Å². The van der Waals surface area contributed by atoms with Gasteiger partial charge in [0.05, 0.1) is 11.9 Å². The monoisotopic (exact) mass is 335 g/mol. The van der Waals surface area contributed by atoms with Crippen molar-refractivity contribution in [2.45, 2.75) is 25.4 Å². The Bertz CT molecular complexity index is 694. The van der Waals surface area contributed by atoms with Gasteiger partial charge in [0.15, 0.2) is 0 Å². The second kappa shape index (κ2) is 7.15. The first-order valence-corrected chi connectivity index (χ1v) is 7.09. The first kappa shape index (κ1) is 16.8. The van der Waals surface area contributed by atoms with Crippen LogP contribution in [-0.2, 0) is 11.3 Å². The number of carbonyl (C=O) groups excluding carboxylic acids is 2. The predicted octanol–water partition coefficient (Wildman–Crippen LogP) is 1.42. The van der Waals surface area contributed by atoms with Crippen molar-refractivity contribution in [2.75, 3.05) is 11.1 Å². The van der Waals surface area contributed by atoms with E-state index in [1.165, 1.54) is 10.9 Å². The van der Waals surface area contributed by atoms with E-state index in [0.29, 0.717) is 23.0 Å². The van der Waals surface area contributed by atoms with Crippen molar-refractivity contribution in [3.63, 3.8) is 0 Å². The molecule has 1 heterocycles. The fourth-order valence-electron chi connectivity index (χ4n) is 2.00. The number of aromatic nitrogens is 2. The van der Waals surface area contributed by atoms with Crippen molar-refractivity contribution in [3.05, 3.63) is 42.2 Å². The van der Waals surface area contributed by atoms with Gasteiger partial charge in [0, 0.05) is 23.5 Å². The third kappa shape index (κ3) is 4.72. The summed E-state index contributed by atoms with van der Waals surface area (Å²) in [5.74, 6) is -0.316. The minimum Gasteiger partial charge on any atom is -0.399 e. The van der Waals surface area contributed by atoms with Gasteiger partial charge < -0.3 is 16.4 Å². The zero-order valence-electron chi connectivity index (χ0n) is 12.4. The molecule has 2 amide bonds. The van der Waals surface area contributed by atoms with Crippen LogP contribution >= 0.6 is 12.4 Å². The highest BCUT2D eigenvalue weighted by Gasteiger charge is 2.23. The highest BCUT2D eigenvalue weighted by Crippen LogP contribution is 2.18. The lowest BCUT2D eigenvalue weighted by Crippen LogP contribution is -2.29. The van der Waals surface area contributed by atoms with Gasteiger partial charge in [-0.15, -0.1) is 12.4 Å². The number of amides is 2.